The fourth-order valence-corrected chi connectivity index (χ4v) is 6.13. The first-order valence-electron chi connectivity index (χ1n) is 14.0. The molecule has 1 aliphatic carbocycles. The Labute approximate surface area is 210 Å². The zero-order valence-corrected chi connectivity index (χ0v) is 21.3. The predicted molar refractivity (Wildman–Crippen MR) is 141 cm³/mol. The van der Waals surface area contributed by atoms with Crippen LogP contribution in [-0.2, 0) is 6.54 Å². The van der Waals surface area contributed by atoms with E-state index in [1.165, 1.54) is 44.1 Å². The number of pyridine rings is 1. The molecule has 35 heavy (non-hydrogen) atoms. The van der Waals surface area contributed by atoms with Gasteiger partial charge in [0.1, 0.15) is 5.82 Å². The van der Waals surface area contributed by atoms with Crippen molar-refractivity contribution >= 4 is 11.8 Å². The Bertz CT molecular complexity index is 921. The fraction of sp³-hybridized carbons (Fsp3) is 0.679. The molecule has 3 fully saturated rings. The Morgan fingerprint density at radius 1 is 0.943 bits per heavy atom. The minimum atomic E-state index is -0.169. The van der Waals surface area contributed by atoms with Crippen LogP contribution in [0.15, 0.2) is 24.5 Å². The topological polar surface area (TPSA) is 86.2 Å². The Balaban J connectivity index is 1.32. The number of fused-ring (bicyclic) bond motifs is 2. The van der Waals surface area contributed by atoms with Crippen LogP contribution in [0.25, 0.3) is 11.3 Å². The standard InChI is InChI=1S/C28H42N6O/c1-2-3-16-29-28-31-18-25(27(33-28)32-21-11-13-24(35)14-12-21)26-15-10-20(17-30-26)19-34-22-6-4-7-23(34)9-5-8-22/h10,15,17-18,21-24,35H,2-9,11-14,16,19H2,1H3,(H2,29,31,32,33). The number of piperidine rings is 2. The van der Waals surface area contributed by atoms with Crippen molar-refractivity contribution in [1.82, 2.24) is 19.9 Å². The zero-order valence-electron chi connectivity index (χ0n) is 21.3. The van der Waals surface area contributed by atoms with E-state index in [1.54, 1.807) is 0 Å². The minimum Gasteiger partial charge on any atom is -0.393 e. The van der Waals surface area contributed by atoms with Crippen molar-refractivity contribution in [2.45, 2.75) is 115 Å². The molecular weight excluding hydrogens is 436 g/mol. The Hall–Kier alpha value is -2.25. The number of hydrogen-bond donors (Lipinski definition) is 3. The second-order valence-corrected chi connectivity index (χ2v) is 10.8. The van der Waals surface area contributed by atoms with Gasteiger partial charge in [0.05, 0.1) is 17.4 Å². The molecule has 4 heterocycles. The van der Waals surface area contributed by atoms with E-state index >= 15 is 0 Å². The first kappa shape index (κ1) is 24.4. The largest absolute Gasteiger partial charge is 0.393 e. The first-order valence-corrected chi connectivity index (χ1v) is 14.0. The quantitative estimate of drug-likeness (QED) is 0.418. The van der Waals surface area contributed by atoms with E-state index in [-0.39, 0.29) is 6.10 Å². The first-order chi connectivity index (χ1) is 17.2. The third-order valence-corrected chi connectivity index (χ3v) is 8.19. The summed E-state index contributed by atoms with van der Waals surface area (Å²) in [7, 11) is 0. The molecule has 2 aliphatic heterocycles. The summed E-state index contributed by atoms with van der Waals surface area (Å²) < 4.78 is 0. The molecule has 0 radical (unpaired) electrons. The molecule has 0 spiro atoms. The van der Waals surface area contributed by atoms with E-state index in [0.29, 0.717) is 12.0 Å². The summed E-state index contributed by atoms with van der Waals surface area (Å²) >= 11 is 0. The highest BCUT2D eigenvalue weighted by Gasteiger charge is 2.33. The molecule has 2 saturated heterocycles. The maximum atomic E-state index is 9.91. The summed E-state index contributed by atoms with van der Waals surface area (Å²) in [6.07, 6.45) is 17.8. The summed E-state index contributed by atoms with van der Waals surface area (Å²) in [5.41, 5.74) is 3.15. The summed E-state index contributed by atoms with van der Waals surface area (Å²) in [4.78, 5) is 17.1. The van der Waals surface area contributed by atoms with E-state index in [0.717, 1.165) is 80.8 Å². The van der Waals surface area contributed by atoms with E-state index in [4.69, 9.17) is 9.97 Å². The summed E-state index contributed by atoms with van der Waals surface area (Å²) in [5.74, 6) is 1.50. The molecule has 3 N–H and O–H groups in total. The van der Waals surface area contributed by atoms with Gasteiger partial charge >= 0.3 is 0 Å². The number of hydrogen-bond acceptors (Lipinski definition) is 7. The highest BCUT2D eigenvalue weighted by Crippen LogP contribution is 2.35. The zero-order chi connectivity index (χ0) is 24.0. The van der Waals surface area contributed by atoms with Gasteiger partial charge in [0, 0.05) is 43.6 Å². The molecule has 0 aromatic carbocycles. The molecule has 2 aromatic rings. The smallest absolute Gasteiger partial charge is 0.224 e. The number of aliphatic hydroxyl groups excluding tert-OH is 1. The molecule has 7 heteroatoms. The van der Waals surface area contributed by atoms with Crippen molar-refractivity contribution in [2.24, 2.45) is 0 Å². The van der Waals surface area contributed by atoms with Crippen LogP contribution in [0.5, 0.6) is 0 Å². The van der Waals surface area contributed by atoms with Gasteiger partial charge in [0.15, 0.2) is 0 Å². The number of nitrogens with zero attached hydrogens (tertiary/aromatic N) is 4. The summed E-state index contributed by atoms with van der Waals surface area (Å²) in [6, 6.07) is 6.20. The van der Waals surface area contributed by atoms with Crippen LogP contribution < -0.4 is 10.6 Å². The maximum absolute atomic E-state index is 9.91. The second-order valence-electron chi connectivity index (χ2n) is 10.8. The predicted octanol–water partition coefficient (Wildman–Crippen LogP) is 5.37. The van der Waals surface area contributed by atoms with Gasteiger partial charge in [-0.1, -0.05) is 32.3 Å². The summed E-state index contributed by atoms with van der Waals surface area (Å²) in [6.45, 7) is 4.06. The van der Waals surface area contributed by atoms with Crippen LogP contribution in [0.1, 0.15) is 89.5 Å². The van der Waals surface area contributed by atoms with Crippen molar-refractivity contribution in [3.8, 4) is 11.3 Å². The molecule has 7 nitrogen and oxygen atoms in total. The molecule has 2 aromatic heterocycles. The van der Waals surface area contributed by atoms with Crippen LogP contribution in [0.2, 0.25) is 0 Å². The second kappa shape index (κ2) is 11.7. The van der Waals surface area contributed by atoms with Crippen LogP contribution in [0, 0.1) is 0 Å². The average Bonchev–Trinajstić information content (AvgIpc) is 2.86. The molecule has 2 bridgehead atoms. The van der Waals surface area contributed by atoms with Gasteiger partial charge < -0.3 is 15.7 Å². The van der Waals surface area contributed by atoms with Crippen molar-refractivity contribution in [2.75, 3.05) is 17.2 Å². The van der Waals surface area contributed by atoms with Gasteiger partial charge in [0.2, 0.25) is 5.95 Å². The van der Waals surface area contributed by atoms with Crippen molar-refractivity contribution in [3.05, 3.63) is 30.1 Å². The third-order valence-electron chi connectivity index (χ3n) is 8.19. The number of anilines is 2. The van der Waals surface area contributed by atoms with Gasteiger partial charge in [-0.05, 0) is 69.4 Å². The van der Waals surface area contributed by atoms with Crippen LogP contribution in [0.4, 0.5) is 11.8 Å². The number of aromatic nitrogens is 3. The third kappa shape index (κ3) is 6.12. The molecule has 3 aliphatic rings. The Morgan fingerprint density at radius 2 is 1.69 bits per heavy atom. The normalized spacial score (nSPS) is 26.9. The van der Waals surface area contributed by atoms with Gasteiger partial charge in [-0.15, -0.1) is 0 Å². The number of rotatable bonds is 9. The lowest BCUT2D eigenvalue weighted by Crippen LogP contribution is -2.48. The molecule has 190 valence electrons. The van der Waals surface area contributed by atoms with E-state index in [9.17, 15) is 5.11 Å². The van der Waals surface area contributed by atoms with E-state index < -0.39 is 0 Å². The number of aliphatic hydroxyl groups is 1. The molecular formula is C28H42N6O. The van der Waals surface area contributed by atoms with Crippen LogP contribution >= 0.6 is 0 Å². The SMILES string of the molecule is CCCCNc1ncc(-c2ccc(CN3C4CCCC3CCC4)cn2)c(NC2CCC(O)CC2)n1. The highest BCUT2D eigenvalue weighted by atomic mass is 16.3. The molecule has 0 amide bonds. The van der Waals surface area contributed by atoms with Crippen molar-refractivity contribution in [3.63, 3.8) is 0 Å². The minimum absolute atomic E-state index is 0.169. The van der Waals surface area contributed by atoms with Crippen LogP contribution in [0.3, 0.4) is 0 Å². The monoisotopic (exact) mass is 478 g/mol. The number of unbranched alkanes of at least 4 members (excludes halogenated alkanes) is 1. The van der Waals surface area contributed by atoms with Gasteiger partial charge in [-0.2, -0.15) is 4.98 Å². The Morgan fingerprint density at radius 3 is 2.34 bits per heavy atom. The maximum Gasteiger partial charge on any atom is 0.224 e. The van der Waals surface area contributed by atoms with Crippen molar-refractivity contribution < 1.29 is 5.11 Å². The van der Waals surface area contributed by atoms with Gasteiger partial charge in [0.25, 0.3) is 0 Å². The molecule has 0 unspecified atom stereocenters. The molecule has 1 saturated carbocycles. The van der Waals surface area contributed by atoms with Gasteiger partial charge in [-0.3, -0.25) is 9.88 Å². The lowest BCUT2D eigenvalue weighted by atomic mass is 9.84. The average molecular weight is 479 g/mol. The fourth-order valence-electron chi connectivity index (χ4n) is 6.13. The number of nitrogens with one attached hydrogen (secondary N) is 2. The Kier molecular flexibility index (Phi) is 8.14. The van der Waals surface area contributed by atoms with E-state index in [2.05, 4.69) is 39.6 Å². The highest BCUT2D eigenvalue weighted by molar-refractivity contribution is 5.73. The molecule has 0 atom stereocenters. The van der Waals surface area contributed by atoms with Crippen LogP contribution in [-0.4, -0.2) is 55.7 Å². The van der Waals surface area contributed by atoms with E-state index in [1.807, 2.05) is 12.4 Å². The van der Waals surface area contributed by atoms with Gasteiger partial charge in [-0.25, -0.2) is 4.98 Å². The lowest BCUT2D eigenvalue weighted by molar-refractivity contribution is 0.0331. The van der Waals surface area contributed by atoms with Crippen molar-refractivity contribution in [1.29, 1.82) is 0 Å². The lowest BCUT2D eigenvalue weighted by Gasteiger charge is -2.46. The molecule has 5 rings (SSSR count). The summed E-state index contributed by atoms with van der Waals surface area (Å²) in [5, 5.41) is 16.9.